The Kier molecular flexibility index (Phi) is 3.87. The molecule has 6 heteroatoms. The minimum Gasteiger partial charge on any atom is -0.444 e. The van der Waals surface area contributed by atoms with Gasteiger partial charge in [-0.2, -0.15) is 0 Å². The second-order valence-electron chi connectivity index (χ2n) is 5.34. The molecule has 0 spiro atoms. The molecule has 1 aromatic rings. The summed E-state index contributed by atoms with van der Waals surface area (Å²) < 4.78 is 5.27. The van der Waals surface area contributed by atoms with Crippen molar-refractivity contribution in [2.24, 2.45) is 0 Å². The summed E-state index contributed by atoms with van der Waals surface area (Å²) >= 11 is 1.60. The lowest BCUT2D eigenvalue weighted by atomic mass is 10.1. The standard InChI is InChI=1S/C12H19N3O2S/c1-12(2,3)17-11(16)15-8-4-5-13-9(8)10-14-6-7-18-10/h6-9,13H,4-5H2,1-3H3,(H,15,16)/t8-,9-/m1/s1. The molecule has 0 saturated carbocycles. The number of thiazole rings is 1. The van der Waals surface area contributed by atoms with E-state index in [4.69, 9.17) is 4.74 Å². The van der Waals surface area contributed by atoms with Crippen molar-refractivity contribution >= 4 is 17.4 Å². The number of hydrogen-bond donors (Lipinski definition) is 2. The zero-order chi connectivity index (χ0) is 13.2. The molecule has 0 bridgehead atoms. The van der Waals surface area contributed by atoms with Crippen LogP contribution in [-0.4, -0.2) is 29.3 Å². The average Bonchev–Trinajstić information content (AvgIpc) is 2.82. The lowest BCUT2D eigenvalue weighted by Crippen LogP contribution is -2.41. The van der Waals surface area contributed by atoms with Gasteiger partial charge in [-0.15, -0.1) is 11.3 Å². The zero-order valence-electron chi connectivity index (χ0n) is 10.9. The molecule has 2 rings (SSSR count). The third-order valence-corrected chi connectivity index (χ3v) is 3.50. The predicted molar refractivity (Wildman–Crippen MR) is 70.6 cm³/mol. The Bertz CT molecular complexity index is 400. The summed E-state index contributed by atoms with van der Waals surface area (Å²) in [4.78, 5) is 16.0. The molecule has 2 heterocycles. The average molecular weight is 269 g/mol. The van der Waals surface area contributed by atoms with Crippen LogP contribution in [0.25, 0.3) is 0 Å². The first-order valence-electron chi connectivity index (χ1n) is 6.08. The number of carbonyl (C=O) groups excluding carboxylic acids is 1. The monoisotopic (exact) mass is 269 g/mol. The summed E-state index contributed by atoms with van der Waals surface area (Å²) in [6, 6.07) is 0.142. The van der Waals surface area contributed by atoms with Crippen LogP contribution in [0.1, 0.15) is 38.2 Å². The number of nitrogens with one attached hydrogen (secondary N) is 2. The van der Waals surface area contributed by atoms with Gasteiger partial charge in [-0.05, 0) is 33.7 Å². The fourth-order valence-corrected chi connectivity index (χ4v) is 2.74. The van der Waals surface area contributed by atoms with Crippen molar-refractivity contribution in [3.05, 3.63) is 16.6 Å². The first-order valence-corrected chi connectivity index (χ1v) is 6.96. The van der Waals surface area contributed by atoms with Gasteiger partial charge in [0.2, 0.25) is 0 Å². The van der Waals surface area contributed by atoms with Gasteiger partial charge >= 0.3 is 6.09 Å². The van der Waals surface area contributed by atoms with E-state index < -0.39 is 5.60 Å². The van der Waals surface area contributed by atoms with Crippen LogP contribution in [0.4, 0.5) is 4.79 Å². The number of alkyl carbamates (subject to hydrolysis) is 1. The molecular weight excluding hydrogens is 250 g/mol. The maximum Gasteiger partial charge on any atom is 0.407 e. The van der Waals surface area contributed by atoms with E-state index in [-0.39, 0.29) is 18.2 Å². The molecular formula is C12H19N3O2S. The fourth-order valence-electron chi connectivity index (χ4n) is 1.97. The number of nitrogens with zero attached hydrogens (tertiary/aromatic N) is 1. The van der Waals surface area contributed by atoms with E-state index in [1.54, 1.807) is 17.5 Å². The number of hydrogen-bond acceptors (Lipinski definition) is 5. The molecule has 1 aliphatic rings. The Hall–Kier alpha value is -1.14. The van der Waals surface area contributed by atoms with Gasteiger partial charge in [-0.25, -0.2) is 9.78 Å². The van der Waals surface area contributed by atoms with E-state index >= 15 is 0 Å². The summed E-state index contributed by atoms with van der Waals surface area (Å²) in [6.07, 6.45) is 2.31. The largest absolute Gasteiger partial charge is 0.444 e. The second-order valence-corrected chi connectivity index (χ2v) is 6.27. The molecule has 18 heavy (non-hydrogen) atoms. The van der Waals surface area contributed by atoms with E-state index in [0.717, 1.165) is 18.0 Å². The summed E-state index contributed by atoms with van der Waals surface area (Å²) in [6.45, 7) is 6.46. The SMILES string of the molecule is CC(C)(C)OC(=O)N[C@@H]1CCN[C@H]1c1nccs1. The molecule has 0 radical (unpaired) electrons. The van der Waals surface area contributed by atoms with Crippen LogP contribution < -0.4 is 10.6 Å². The van der Waals surface area contributed by atoms with Crippen LogP contribution in [0.15, 0.2) is 11.6 Å². The van der Waals surface area contributed by atoms with E-state index in [1.807, 2.05) is 26.2 Å². The van der Waals surface area contributed by atoms with Gasteiger partial charge in [-0.1, -0.05) is 0 Å². The van der Waals surface area contributed by atoms with Crippen LogP contribution in [0.5, 0.6) is 0 Å². The summed E-state index contributed by atoms with van der Waals surface area (Å²) in [7, 11) is 0. The molecule has 100 valence electrons. The molecule has 2 atom stereocenters. The zero-order valence-corrected chi connectivity index (χ0v) is 11.7. The minimum atomic E-state index is -0.465. The van der Waals surface area contributed by atoms with Gasteiger partial charge < -0.3 is 15.4 Å². The first-order chi connectivity index (χ1) is 8.46. The molecule has 1 saturated heterocycles. The number of amides is 1. The molecule has 1 amide bonds. The Morgan fingerprint density at radius 3 is 3.00 bits per heavy atom. The van der Waals surface area contributed by atoms with Crippen molar-refractivity contribution < 1.29 is 9.53 Å². The van der Waals surface area contributed by atoms with Crippen molar-refractivity contribution in [2.45, 2.75) is 44.9 Å². The van der Waals surface area contributed by atoms with E-state index in [0.29, 0.717) is 0 Å². The van der Waals surface area contributed by atoms with Crippen molar-refractivity contribution in [1.29, 1.82) is 0 Å². The van der Waals surface area contributed by atoms with Crippen LogP contribution in [0, 0.1) is 0 Å². The topological polar surface area (TPSA) is 63.2 Å². The number of aromatic nitrogens is 1. The second kappa shape index (κ2) is 5.24. The molecule has 5 nitrogen and oxygen atoms in total. The Morgan fingerprint density at radius 2 is 2.39 bits per heavy atom. The highest BCUT2D eigenvalue weighted by Gasteiger charge is 2.32. The van der Waals surface area contributed by atoms with Crippen LogP contribution in [-0.2, 0) is 4.74 Å². The van der Waals surface area contributed by atoms with Crippen molar-refractivity contribution in [2.75, 3.05) is 6.54 Å². The number of ether oxygens (including phenoxy) is 1. The quantitative estimate of drug-likeness (QED) is 0.862. The molecule has 1 aromatic heterocycles. The Morgan fingerprint density at radius 1 is 1.61 bits per heavy atom. The molecule has 1 fully saturated rings. The summed E-state index contributed by atoms with van der Waals surface area (Å²) in [5, 5.41) is 9.22. The van der Waals surface area contributed by atoms with Crippen LogP contribution in [0.3, 0.4) is 0 Å². The number of carbonyl (C=O) groups is 1. The highest BCUT2D eigenvalue weighted by molar-refractivity contribution is 7.09. The minimum absolute atomic E-state index is 0.0472. The van der Waals surface area contributed by atoms with Gasteiger partial charge in [-0.3, -0.25) is 0 Å². The molecule has 1 aliphatic heterocycles. The Labute approximate surface area is 111 Å². The van der Waals surface area contributed by atoms with Crippen LogP contribution in [0.2, 0.25) is 0 Å². The molecule has 0 unspecified atom stereocenters. The third-order valence-electron chi connectivity index (χ3n) is 2.64. The maximum atomic E-state index is 11.8. The Balaban J connectivity index is 1.94. The lowest BCUT2D eigenvalue weighted by molar-refractivity contribution is 0.0500. The predicted octanol–water partition coefficient (Wildman–Crippen LogP) is 2.07. The van der Waals surface area contributed by atoms with Gasteiger partial charge in [0.1, 0.15) is 10.6 Å². The van der Waals surface area contributed by atoms with Gasteiger partial charge in [0, 0.05) is 11.6 Å². The van der Waals surface area contributed by atoms with E-state index in [9.17, 15) is 4.79 Å². The smallest absolute Gasteiger partial charge is 0.407 e. The summed E-state index contributed by atoms with van der Waals surface area (Å²) in [5.74, 6) is 0. The van der Waals surface area contributed by atoms with Gasteiger partial charge in [0.05, 0.1) is 12.1 Å². The highest BCUT2D eigenvalue weighted by Crippen LogP contribution is 2.25. The van der Waals surface area contributed by atoms with Gasteiger partial charge in [0.15, 0.2) is 0 Å². The van der Waals surface area contributed by atoms with Crippen molar-refractivity contribution in [3.63, 3.8) is 0 Å². The molecule has 0 aliphatic carbocycles. The molecule has 2 N–H and O–H groups in total. The molecule has 0 aromatic carbocycles. The summed E-state index contributed by atoms with van der Waals surface area (Å²) in [5.41, 5.74) is -0.465. The maximum absolute atomic E-state index is 11.8. The van der Waals surface area contributed by atoms with Crippen molar-refractivity contribution in [3.8, 4) is 0 Å². The number of rotatable bonds is 2. The lowest BCUT2D eigenvalue weighted by Gasteiger charge is -2.23. The van der Waals surface area contributed by atoms with E-state index in [1.165, 1.54) is 0 Å². The third kappa shape index (κ3) is 3.43. The highest BCUT2D eigenvalue weighted by atomic mass is 32.1. The normalized spacial score (nSPS) is 23.9. The van der Waals surface area contributed by atoms with Crippen molar-refractivity contribution in [1.82, 2.24) is 15.6 Å². The van der Waals surface area contributed by atoms with Gasteiger partial charge in [0.25, 0.3) is 0 Å². The van der Waals surface area contributed by atoms with E-state index in [2.05, 4.69) is 15.6 Å². The fraction of sp³-hybridized carbons (Fsp3) is 0.667. The van der Waals surface area contributed by atoms with Crippen LogP contribution >= 0.6 is 11.3 Å². The first kappa shape index (κ1) is 13.3.